The van der Waals surface area contributed by atoms with Gasteiger partial charge in [0, 0.05) is 0 Å². The Labute approximate surface area is 116 Å². The van der Waals surface area contributed by atoms with Crippen LogP contribution in [-0.4, -0.2) is 25.2 Å². The molecule has 0 aliphatic heterocycles. The van der Waals surface area contributed by atoms with E-state index < -0.39 is 5.54 Å². The number of carbonyl (C=O) groups is 1. The first-order chi connectivity index (χ1) is 8.98. The van der Waals surface area contributed by atoms with Crippen molar-refractivity contribution < 1.29 is 9.53 Å². The van der Waals surface area contributed by atoms with E-state index in [0.717, 1.165) is 19.4 Å². The van der Waals surface area contributed by atoms with Gasteiger partial charge in [0.05, 0.1) is 7.11 Å². The minimum absolute atomic E-state index is 0.191. The van der Waals surface area contributed by atoms with Crippen molar-refractivity contribution >= 4 is 5.97 Å². The van der Waals surface area contributed by atoms with Crippen LogP contribution in [0, 0.1) is 5.92 Å². The molecule has 0 saturated heterocycles. The third-order valence-electron chi connectivity index (χ3n) is 3.29. The van der Waals surface area contributed by atoms with E-state index in [9.17, 15) is 4.79 Å². The minimum atomic E-state index is -0.616. The van der Waals surface area contributed by atoms with Gasteiger partial charge in [0.1, 0.15) is 5.54 Å². The number of carbonyl (C=O) groups excluding carboxylic acids is 1. The summed E-state index contributed by atoms with van der Waals surface area (Å²) in [5.41, 5.74) is 0.624. The first-order valence-corrected chi connectivity index (χ1v) is 6.85. The zero-order valence-electron chi connectivity index (χ0n) is 12.4. The SMILES string of the molecule is COC(=O)C(C)(CCc1ccccc1)NCC(C)C. The van der Waals surface area contributed by atoms with Gasteiger partial charge in [-0.25, -0.2) is 0 Å². The van der Waals surface area contributed by atoms with Crippen LogP contribution < -0.4 is 5.32 Å². The molecule has 1 aromatic carbocycles. The van der Waals surface area contributed by atoms with Gasteiger partial charge < -0.3 is 10.1 Å². The van der Waals surface area contributed by atoms with Crippen LogP contribution in [0.25, 0.3) is 0 Å². The van der Waals surface area contributed by atoms with Gasteiger partial charge in [-0.05, 0) is 37.8 Å². The monoisotopic (exact) mass is 263 g/mol. The molecule has 0 amide bonds. The summed E-state index contributed by atoms with van der Waals surface area (Å²) in [6, 6.07) is 10.2. The molecule has 0 aliphatic rings. The average Bonchev–Trinajstić information content (AvgIpc) is 2.43. The molecule has 0 fully saturated rings. The van der Waals surface area contributed by atoms with E-state index in [1.165, 1.54) is 12.7 Å². The van der Waals surface area contributed by atoms with Gasteiger partial charge >= 0.3 is 5.97 Å². The fourth-order valence-electron chi connectivity index (χ4n) is 1.96. The van der Waals surface area contributed by atoms with Crippen molar-refractivity contribution in [3.05, 3.63) is 35.9 Å². The predicted molar refractivity (Wildman–Crippen MR) is 78.0 cm³/mol. The highest BCUT2D eigenvalue weighted by Gasteiger charge is 2.33. The molecular formula is C16H25NO2. The molecule has 3 heteroatoms. The van der Waals surface area contributed by atoms with E-state index >= 15 is 0 Å². The predicted octanol–water partition coefficient (Wildman–Crippen LogP) is 2.80. The summed E-state index contributed by atoms with van der Waals surface area (Å²) >= 11 is 0. The zero-order valence-corrected chi connectivity index (χ0v) is 12.4. The molecule has 0 radical (unpaired) electrons. The van der Waals surface area contributed by atoms with Gasteiger partial charge in [-0.3, -0.25) is 4.79 Å². The van der Waals surface area contributed by atoms with Gasteiger partial charge in [0.25, 0.3) is 0 Å². The molecule has 1 atom stereocenters. The fraction of sp³-hybridized carbons (Fsp3) is 0.562. The zero-order chi connectivity index (χ0) is 14.3. The van der Waals surface area contributed by atoms with Crippen LogP contribution in [0.1, 0.15) is 32.8 Å². The Kier molecular flexibility index (Phi) is 6.03. The molecule has 1 aromatic rings. The van der Waals surface area contributed by atoms with Gasteiger partial charge in [-0.1, -0.05) is 44.2 Å². The molecule has 1 N–H and O–H groups in total. The molecule has 0 saturated carbocycles. The second kappa shape index (κ2) is 7.29. The molecule has 0 aliphatic carbocycles. The van der Waals surface area contributed by atoms with Crippen LogP contribution in [0.5, 0.6) is 0 Å². The lowest BCUT2D eigenvalue weighted by Crippen LogP contribution is -2.51. The number of rotatable bonds is 7. The molecular weight excluding hydrogens is 238 g/mol. The van der Waals surface area contributed by atoms with E-state index in [1.807, 2.05) is 25.1 Å². The minimum Gasteiger partial charge on any atom is -0.468 e. The van der Waals surface area contributed by atoms with E-state index in [4.69, 9.17) is 4.74 Å². The van der Waals surface area contributed by atoms with Crippen LogP contribution in [-0.2, 0) is 16.0 Å². The molecule has 3 nitrogen and oxygen atoms in total. The Bertz CT molecular complexity index is 389. The van der Waals surface area contributed by atoms with Crippen molar-refractivity contribution in [2.45, 2.75) is 39.2 Å². The first-order valence-electron chi connectivity index (χ1n) is 6.85. The Morgan fingerprint density at radius 2 is 1.95 bits per heavy atom. The number of methoxy groups -OCH3 is 1. The van der Waals surface area contributed by atoms with Gasteiger partial charge in [-0.2, -0.15) is 0 Å². The van der Waals surface area contributed by atoms with Crippen molar-refractivity contribution in [1.29, 1.82) is 0 Å². The van der Waals surface area contributed by atoms with Gasteiger partial charge in [0.15, 0.2) is 0 Å². The Hall–Kier alpha value is -1.35. The Morgan fingerprint density at radius 1 is 1.32 bits per heavy atom. The number of ether oxygens (including phenoxy) is 1. The van der Waals surface area contributed by atoms with E-state index in [-0.39, 0.29) is 5.97 Å². The lowest BCUT2D eigenvalue weighted by atomic mass is 9.92. The standard InChI is InChI=1S/C16H25NO2/c1-13(2)12-17-16(3,15(18)19-4)11-10-14-8-6-5-7-9-14/h5-9,13,17H,10-12H2,1-4H3. The van der Waals surface area contributed by atoms with Crippen molar-refractivity contribution in [1.82, 2.24) is 5.32 Å². The maximum Gasteiger partial charge on any atom is 0.325 e. The third-order valence-corrected chi connectivity index (χ3v) is 3.29. The van der Waals surface area contributed by atoms with Crippen LogP contribution in [0.15, 0.2) is 30.3 Å². The highest BCUT2D eigenvalue weighted by molar-refractivity contribution is 5.80. The normalized spacial score (nSPS) is 14.2. The largest absolute Gasteiger partial charge is 0.468 e. The van der Waals surface area contributed by atoms with Gasteiger partial charge in [0.2, 0.25) is 0 Å². The molecule has 0 bridgehead atoms. The lowest BCUT2D eigenvalue weighted by molar-refractivity contribution is -0.148. The van der Waals surface area contributed by atoms with Gasteiger partial charge in [-0.15, -0.1) is 0 Å². The molecule has 1 rings (SSSR count). The molecule has 0 heterocycles. The highest BCUT2D eigenvalue weighted by Crippen LogP contribution is 2.16. The van der Waals surface area contributed by atoms with Crippen LogP contribution in [0.2, 0.25) is 0 Å². The fourth-order valence-corrected chi connectivity index (χ4v) is 1.96. The van der Waals surface area contributed by atoms with E-state index in [2.05, 4.69) is 31.3 Å². The summed E-state index contributed by atoms with van der Waals surface area (Å²) in [4.78, 5) is 12.0. The summed E-state index contributed by atoms with van der Waals surface area (Å²) in [6.07, 6.45) is 1.59. The summed E-state index contributed by atoms with van der Waals surface area (Å²) in [5.74, 6) is 0.310. The number of aryl methyl sites for hydroxylation is 1. The number of benzene rings is 1. The highest BCUT2D eigenvalue weighted by atomic mass is 16.5. The Balaban J connectivity index is 2.66. The number of nitrogens with one attached hydrogen (secondary N) is 1. The van der Waals surface area contributed by atoms with Crippen LogP contribution >= 0.6 is 0 Å². The van der Waals surface area contributed by atoms with E-state index in [0.29, 0.717) is 5.92 Å². The number of hydrogen-bond acceptors (Lipinski definition) is 3. The second-order valence-corrected chi connectivity index (χ2v) is 5.58. The summed E-state index contributed by atoms with van der Waals surface area (Å²) in [6.45, 7) is 6.98. The molecule has 19 heavy (non-hydrogen) atoms. The molecule has 1 unspecified atom stereocenters. The molecule has 0 spiro atoms. The van der Waals surface area contributed by atoms with Crippen molar-refractivity contribution in [3.63, 3.8) is 0 Å². The smallest absolute Gasteiger partial charge is 0.325 e. The first kappa shape index (κ1) is 15.7. The third kappa shape index (κ3) is 5.03. The van der Waals surface area contributed by atoms with E-state index in [1.54, 1.807) is 0 Å². The average molecular weight is 263 g/mol. The second-order valence-electron chi connectivity index (χ2n) is 5.58. The van der Waals surface area contributed by atoms with Crippen molar-refractivity contribution in [2.24, 2.45) is 5.92 Å². The molecule has 106 valence electrons. The van der Waals surface area contributed by atoms with Crippen molar-refractivity contribution in [2.75, 3.05) is 13.7 Å². The lowest BCUT2D eigenvalue weighted by Gasteiger charge is -2.29. The topological polar surface area (TPSA) is 38.3 Å². The summed E-state index contributed by atoms with van der Waals surface area (Å²) < 4.78 is 4.93. The maximum atomic E-state index is 12.0. The molecule has 0 aromatic heterocycles. The number of esters is 1. The quantitative estimate of drug-likeness (QED) is 0.769. The van der Waals surface area contributed by atoms with Crippen LogP contribution in [0.4, 0.5) is 0 Å². The van der Waals surface area contributed by atoms with Crippen LogP contribution in [0.3, 0.4) is 0 Å². The Morgan fingerprint density at radius 3 is 2.47 bits per heavy atom. The van der Waals surface area contributed by atoms with Crippen molar-refractivity contribution in [3.8, 4) is 0 Å². The maximum absolute atomic E-state index is 12.0. The number of hydrogen-bond donors (Lipinski definition) is 1. The summed E-state index contributed by atoms with van der Waals surface area (Å²) in [7, 11) is 1.44. The summed E-state index contributed by atoms with van der Waals surface area (Å²) in [5, 5.41) is 3.34.